The molecule has 0 unspecified atom stereocenters. The Morgan fingerprint density at radius 3 is 1.36 bits per heavy atom. The molecule has 2 N–H and O–H groups in total. The highest BCUT2D eigenvalue weighted by molar-refractivity contribution is 5.68. The lowest BCUT2D eigenvalue weighted by atomic mass is 9.98. The van der Waals surface area contributed by atoms with E-state index in [0.717, 1.165) is 0 Å². The second kappa shape index (κ2) is 3.30. The summed E-state index contributed by atoms with van der Waals surface area (Å²) in [6.07, 6.45) is -14.6. The van der Waals surface area contributed by atoms with Crippen LogP contribution in [0.1, 0.15) is 6.42 Å². The normalized spacial score (nSPS) is 14.2. The third kappa shape index (κ3) is 2.28. The fourth-order valence-electron chi connectivity index (χ4n) is 0.580. The molecule has 9 heteroatoms. The molecule has 0 aliphatic carbocycles. The van der Waals surface area contributed by atoms with Crippen molar-refractivity contribution in [3.63, 3.8) is 0 Å². The predicted octanol–water partition coefficient (Wildman–Crippen LogP) is 1.32. The molecule has 0 bridgehead atoms. The van der Waals surface area contributed by atoms with Gasteiger partial charge in [-0.2, -0.15) is 26.3 Å². The van der Waals surface area contributed by atoms with Gasteiger partial charge in [-0.1, -0.05) is 0 Å². The van der Waals surface area contributed by atoms with Crippen molar-refractivity contribution >= 4 is 5.97 Å². The Morgan fingerprint density at radius 2 is 1.29 bits per heavy atom. The Bertz CT molecular complexity index is 215. The van der Waals surface area contributed by atoms with Gasteiger partial charge in [0.1, 0.15) is 0 Å². The Labute approximate surface area is 72.9 Å². The van der Waals surface area contributed by atoms with E-state index in [1.807, 2.05) is 0 Å². The van der Waals surface area contributed by atoms with E-state index in [9.17, 15) is 31.1 Å². The van der Waals surface area contributed by atoms with Gasteiger partial charge in [-0.25, -0.2) is 0 Å². The molecule has 0 atom stereocenters. The molecule has 0 aliphatic rings. The van der Waals surface area contributed by atoms with Gasteiger partial charge in [-0.3, -0.25) is 4.79 Å². The van der Waals surface area contributed by atoms with Gasteiger partial charge in [-0.15, -0.1) is 0 Å². The number of aliphatic carboxylic acids is 1. The topological polar surface area (TPSA) is 57.5 Å². The van der Waals surface area contributed by atoms with E-state index in [4.69, 9.17) is 10.2 Å². The zero-order valence-corrected chi connectivity index (χ0v) is 6.28. The molecule has 0 heterocycles. The molecule has 3 nitrogen and oxygen atoms in total. The summed E-state index contributed by atoms with van der Waals surface area (Å²) in [5.74, 6) is -2.40. The van der Waals surface area contributed by atoms with Crippen LogP contribution in [0.5, 0.6) is 0 Å². The fraction of sp³-hybridized carbons (Fsp3) is 0.800. The summed E-state index contributed by atoms with van der Waals surface area (Å²) in [7, 11) is 0. The van der Waals surface area contributed by atoms with E-state index in [1.54, 1.807) is 0 Å². The van der Waals surface area contributed by atoms with Crippen LogP contribution in [0, 0.1) is 0 Å². The van der Waals surface area contributed by atoms with E-state index in [0.29, 0.717) is 0 Å². The molecule has 0 rings (SSSR count). The maximum atomic E-state index is 11.7. The van der Waals surface area contributed by atoms with Crippen LogP contribution in [-0.4, -0.2) is 34.1 Å². The summed E-state index contributed by atoms with van der Waals surface area (Å²) >= 11 is 0. The van der Waals surface area contributed by atoms with Crippen molar-refractivity contribution in [2.45, 2.75) is 24.4 Å². The Hall–Kier alpha value is -0.990. The molecule has 0 aromatic carbocycles. The second-order valence-corrected chi connectivity index (χ2v) is 2.43. The molecule has 0 saturated heterocycles. The molecule has 14 heavy (non-hydrogen) atoms. The van der Waals surface area contributed by atoms with Crippen molar-refractivity contribution in [2.24, 2.45) is 0 Å². The molecular weight excluding hydrogens is 222 g/mol. The first-order valence-electron chi connectivity index (χ1n) is 2.99. The first-order valence-corrected chi connectivity index (χ1v) is 2.99. The zero-order valence-electron chi connectivity index (χ0n) is 6.28. The monoisotopic (exact) mass is 226 g/mol. The summed E-state index contributed by atoms with van der Waals surface area (Å²) in [5.41, 5.74) is -5.20. The van der Waals surface area contributed by atoms with E-state index >= 15 is 0 Å². The predicted molar refractivity (Wildman–Crippen MR) is 29.3 cm³/mol. The van der Waals surface area contributed by atoms with Crippen LogP contribution in [0.15, 0.2) is 0 Å². The fourth-order valence-corrected chi connectivity index (χ4v) is 0.580. The van der Waals surface area contributed by atoms with Crippen LogP contribution in [0.3, 0.4) is 0 Å². The molecule has 0 amide bonds. The van der Waals surface area contributed by atoms with Crippen molar-refractivity contribution in [2.75, 3.05) is 0 Å². The standard InChI is InChI=1S/C5H4F6O3/c6-4(7,8)3(14,1-2(12)13)5(9,10)11/h14H,1H2,(H,12,13). The van der Waals surface area contributed by atoms with Crippen molar-refractivity contribution in [1.82, 2.24) is 0 Å². The number of alkyl halides is 6. The Morgan fingerprint density at radius 1 is 1.00 bits per heavy atom. The molecule has 0 aromatic heterocycles. The third-order valence-corrected chi connectivity index (χ3v) is 1.34. The maximum absolute atomic E-state index is 11.7. The lowest BCUT2D eigenvalue weighted by Crippen LogP contribution is -2.57. The average molecular weight is 226 g/mol. The van der Waals surface area contributed by atoms with E-state index < -0.39 is 30.3 Å². The highest BCUT2D eigenvalue weighted by Gasteiger charge is 2.71. The Balaban J connectivity index is 5.18. The maximum Gasteiger partial charge on any atom is 0.426 e. The quantitative estimate of drug-likeness (QED) is 0.698. The van der Waals surface area contributed by atoms with Gasteiger partial charge in [0.05, 0.1) is 6.42 Å². The number of hydrogen-bond donors (Lipinski definition) is 2. The van der Waals surface area contributed by atoms with Gasteiger partial charge >= 0.3 is 18.3 Å². The molecule has 84 valence electrons. The van der Waals surface area contributed by atoms with Crippen molar-refractivity contribution in [3.8, 4) is 0 Å². The number of rotatable bonds is 2. The number of carboxylic acid groups (broad SMARTS) is 1. The van der Waals surface area contributed by atoms with Crippen LogP contribution >= 0.6 is 0 Å². The van der Waals surface area contributed by atoms with Crippen LogP contribution in [-0.2, 0) is 4.79 Å². The zero-order chi connectivity index (χ0) is 11.8. The van der Waals surface area contributed by atoms with E-state index in [-0.39, 0.29) is 0 Å². The smallest absolute Gasteiger partial charge is 0.426 e. The molecule has 0 aliphatic heterocycles. The molecular formula is C5H4F6O3. The number of hydrogen-bond acceptors (Lipinski definition) is 2. The van der Waals surface area contributed by atoms with E-state index in [2.05, 4.69) is 0 Å². The SMILES string of the molecule is O=C(O)CC(O)(C(F)(F)F)C(F)(F)F. The minimum atomic E-state index is -6.08. The van der Waals surface area contributed by atoms with Gasteiger partial charge in [0, 0.05) is 0 Å². The minimum absolute atomic E-state index is 2.40. The van der Waals surface area contributed by atoms with Crippen LogP contribution in [0.4, 0.5) is 26.3 Å². The minimum Gasteiger partial charge on any atom is -0.481 e. The first kappa shape index (κ1) is 13.0. The highest BCUT2D eigenvalue weighted by Crippen LogP contribution is 2.45. The van der Waals surface area contributed by atoms with Gasteiger partial charge in [0.15, 0.2) is 0 Å². The number of carbonyl (C=O) groups is 1. The summed E-state index contributed by atoms with van der Waals surface area (Å²) < 4.78 is 70.4. The van der Waals surface area contributed by atoms with E-state index in [1.165, 1.54) is 0 Å². The van der Waals surface area contributed by atoms with Gasteiger partial charge in [0.25, 0.3) is 5.60 Å². The van der Waals surface area contributed by atoms with Crippen molar-refractivity contribution < 1.29 is 41.4 Å². The lowest BCUT2D eigenvalue weighted by molar-refractivity contribution is -0.368. The molecule has 0 aromatic rings. The molecule has 0 radical (unpaired) electrons. The van der Waals surface area contributed by atoms with Crippen molar-refractivity contribution in [3.05, 3.63) is 0 Å². The second-order valence-electron chi connectivity index (χ2n) is 2.43. The van der Waals surface area contributed by atoms with Crippen molar-refractivity contribution in [1.29, 1.82) is 0 Å². The van der Waals surface area contributed by atoms with Gasteiger partial charge < -0.3 is 10.2 Å². The van der Waals surface area contributed by atoms with Crippen LogP contribution in [0.2, 0.25) is 0 Å². The number of halogens is 6. The van der Waals surface area contributed by atoms with Crippen LogP contribution in [0.25, 0.3) is 0 Å². The largest absolute Gasteiger partial charge is 0.481 e. The Kier molecular flexibility index (Phi) is 3.06. The molecule has 0 spiro atoms. The lowest BCUT2D eigenvalue weighted by Gasteiger charge is -2.30. The van der Waals surface area contributed by atoms with Gasteiger partial charge in [0.2, 0.25) is 0 Å². The third-order valence-electron chi connectivity index (χ3n) is 1.34. The summed E-state index contributed by atoms with van der Waals surface area (Å²) in [6, 6.07) is 0. The average Bonchev–Trinajstić information content (AvgIpc) is 1.79. The number of aliphatic hydroxyl groups is 1. The summed E-state index contributed by atoms with van der Waals surface area (Å²) in [6.45, 7) is 0. The first-order chi connectivity index (χ1) is 5.92. The summed E-state index contributed by atoms with van der Waals surface area (Å²) in [4.78, 5) is 9.75. The number of carboxylic acids is 1. The van der Waals surface area contributed by atoms with Crippen LogP contribution < -0.4 is 0 Å². The molecule has 0 fully saturated rings. The molecule has 0 saturated carbocycles. The van der Waals surface area contributed by atoms with Gasteiger partial charge in [-0.05, 0) is 0 Å². The highest BCUT2D eigenvalue weighted by atomic mass is 19.4. The summed E-state index contributed by atoms with van der Waals surface area (Å²) in [5, 5.41) is 16.0.